The molecule has 90 heavy (non-hydrogen) atoms. The molecule has 9 nitrogen and oxygen atoms in total. The van der Waals surface area contributed by atoms with Crippen molar-refractivity contribution in [2.24, 2.45) is 0 Å². The molecule has 0 aliphatic carbocycles. The van der Waals surface area contributed by atoms with Gasteiger partial charge in [-0.05, 0) is 96.3 Å². The second-order valence-corrected chi connectivity index (χ2v) is 27.0. The predicted molar refractivity (Wildman–Crippen MR) is 388 cm³/mol. The number of rotatable bonds is 67. The largest absolute Gasteiger partial charge is 0.756 e. The van der Waals surface area contributed by atoms with Crippen LogP contribution in [0.4, 0.5) is 0 Å². The van der Waals surface area contributed by atoms with Gasteiger partial charge < -0.3 is 27.9 Å². The van der Waals surface area contributed by atoms with Crippen LogP contribution >= 0.6 is 7.82 Å². The Labute approximate surface area is 555 Å². The van der Waals surface area contributed by atoms with Crippen molar-refractivity contribution < 1.29 is 42.1 Å². The molecule has 2 atom stereocenters. The quantitative estimate of drug-likeness (QED) is 0.0195. The molecule has 516 valence electrons. The van der Waals surface area contributed by atoms with E-state index in [4.69, 9.17) is 18.5 Å². The van der Waals surface area contributed by atoms with Gasteiger partial charge in [0.15, 0.2) is 6.10 Å². The van der Waals surface area contributed by atoms with E-state index in [1.165, 1.54) is 167 Å². The number of allylic oxidation sites excluding steroid dienone is 22. The summed E-state index contributed by atoms with van der Waals surface area (Å²) in [6, 6.07) is 0. The summed E-state index contributed by atoms with van der Waals surface area (Å²) in [6.07, 6.45) is 101. The summed E-state index contributed by atoms with van der Waals surface area (Å²) in [6.45, 7) is 4.11. The fourth-order valence-corrected chi connectivity index (χ4v) is 10.8. The van der Waals surface area contributed by atoms with Gasteiger partial charge in [-0.3, -0.25) is 14.2 Å². The molecular formula is C80H138NO8P. The maximum absolute atomic E-state index is 12.9. The van der Waals surface area contributed by atoms with E-state index >= 15 is 0 Å². The van der Waals surface area contributed by atoms with Crippen LogP contribution in [0.25, 0.3) is 0 Å². The lowest BCUT2D eigenvalue weighted by molar-refractivity contribution is -0.870. The van der Waals surface area contributed by atoms with Gasteiger partial charge in [0.2, 0.25) is 0 Å². The van der Waals surface area contributed by atoms with Gasteiger partial charge in [0, 0.05) is 12.8 Å². The highest BCUT2D eigenvalue weighted by Gasteiger charge is 2.22. The maximum Gasteiger partial charge on any atom is 0.306 e. The number of unbranched alkanes of at least 4 members (excludes halogenated alkanes) is 31. The van der Waals surface area contributed by atoms with E-state index in [2.05, 4.69) is 148 Å². The van der Waals surface area contributed by atoms with Gasteiger partial charge in [0.25, 0.3) is 7.82 Å². The number of likely N-dealkylation sites (N-methyl/N-ethyl adjacent to an activating group) is 1. The lowest BCUT2D eigenvalue weighted by Crippen LogP contribution is -2.37. The van der Waals surface area contributed by atoms with Gasteiger partial charge in [0.1, 0.15) is 19.8 Å². The Morgan fingerprint density at radius 3 is 0.944 bits per heavy atom. The molecule has 0 saturated carbocycles. The minimum Gasteiger partial charge on any atom is -0.756 e. The van der Waals surface area contributed by atoms with Crippen molar-refractivity contribution in [3.05, 3.63) is 134 Å². The number of carbonyl (C=O) groups excluding carboxylic acids is 2. The number of carbonyl (C=O) groups is 2. The Bertz CT molecular complexity index is 1980. The van der Waals surface area contributed by atoms with Crippen molar-refractivity contribution in [3.63, 3.8) is 0 Å². The van der Waals surface area contributed by atoms with Crippen LogP contribution in [0.1, 0.15) is 309 Å². The van der Waals surface area contributed by atoms with Crippen molar-refractivity contribution in [3.8, 4) is 0 Å². The number of esters is 2. The first-order valence-corrected chi connectivity index (χ1v) is 38.4. The van der Waals surface area contributed by atoms with Gasteiger partial charge in [-0.25, -0.2) is 0 Å². The van der Waals surface area contributed by atoms with E-state index < -0.39 is 32.5 Å². The lowest BCUT2D eigenvalue weighted by Gasteiger charge is -2.28. The smallest absolute Gasteiger partial charge is 0.306 e. The first-order chi connectivity index (χ1) is 44.0. The number of hydrogen-bond acceptors (Lipinski definition) is 8. The SMILES string of the molecule is CC/C=C\C/C=C\C/C=C\C/C=C\C/C=C\C/C=C\C/C=C\C/C=C\C/C=C\C/C=C\C/C=C\CCCCCC(=O)OC(COC(=O)CCCCCCCCCCCCCCCCCCCCCCCCCCCCCCC)COP(=O)([O-])OCC[N+](C)(C)C. The molecule has 0 aromatic carbocycles. The molecule has 0 aliphatic heterocycles. The molecule has 0 rings (SSSR count). The van der Waals surface area contributed by atoms with E-state index in [9.17, 15) is 19.0 Å². The van der Waals surface area contributed by atoms with Crippen molar-refractivity contribution >= 4 is 19.8 Å². The van der Waals surface area contributed by atoms with Gasteiger partial charge in [-0.15, -0.1) is 0 Å². The number of phosphoric acid groups is 1. The number of ether oxygens (including phenoxy) is 2. The molecule has 0 heterocycles. The van der Waals surface area contributed by atoms with Gasteiger partial charge in [-0.1, -0.05) is 334 Å². The minimum absolute atomic E-state index is 0.0429. The van der Waals surface area contributed by atoms with Crippen molar-refractivity contribution in [2.45, 2.75) is 315 Å². The van der Waals surface area contributed by atoms with Crippen molar-refractivity contribution in [2.75, 3.05) is 47.5 Å². The molecule has 2 unspecified atom stereocenters. The average molecular weight is 1270 g/mol. The Morgan fingerprint density at radius 1 is 0.356 bits per heavy atom. The van der Waals surface area contributed by atoms with Crippen LogP contribution in [0.2, 0.25) is 0 Å². The van der Waals surface area contributed by atoms with Crippen LogP contribution in [0.5, 0.6) is 0 Å². The molecule has 0 saturated heterocycles. The Balaban J connectivity index is 4.14. The molecule has 0 aliphatic rings. The average Bonchev–Trinajstić information content (AvgIpc) is 3.58. The zero-order valence-corrected chi connectivity index (χ0v) is 59.7. The van der Waals surface area contributed by atoms with Crippen LogP contribution in [-0.2, 0) is 32.7 Å². The number of phosphoric ester groups is 1. The van der Waals surface area contributed by atoms with Crippen LogP contribution in [0.15, 0.2) is 134 Å². The molecule has 0 aromatic rings. The summed E-state index contributed by atoms with van der Waals surface area (Å²) in [7, 11) is 1.14. The zero-order chi connectivity index (χ0) is 65.5. The normalized spacial score (nSPS) is 13.9. The summed E-state index contributed by atoms with van der Waals surface area (Å²) in [4.78, 5) is 38.1. The van der Waals surface area contributed by atoms with E-state index in [1.54, 1.807) is 0 Å². The topological polar surface area (TPSA) is 111 Å². The summed E-state index contributed by atoms with van der Waals surface area (Å²) < 4.78 is 34.3. The Kier molecular flexibility index (Phi) is 66.5. The van der Waals surface area contributed by atoms with E-state index in [1.807, 2.05) is 21.1 Å². The summed E-state index contributed by atoms with van der Waals surface area (Å²) in [5.41, 5.74) is 0. The van der Waals surface area contributed by atoms with Crippen LogP contribution in [-0.4, -0.2) is 70.0 Å². The molecule has 0 fully saturated rings. The van der Waals surface area contributed by atoms with Crippen LogP contribution in [0, 0.1) is 0 Å². The van der Waals surface area contributed by atoms with Crippen molar-refractivity contribution in [1.82, 2.24) is 0 Å². The molecule has 0 N–H and O–H groups in total. The molecular weight excluding hydrogens is 1130 g/mol. The summed E-state index contributed by atoms with van der Waals surface area (Å²) in [5.74, 6) is -0.869. The summed E-state index contributed by atoms with van der Waals surface area (Å²) >= 11 is 0. The van der Waals surface area contributed by atoms with Gasteiger partial charge in [0.05, 0.1) is 27.7 Å². The minimum atomic E-state index is -4.66. The third-order valence-corrected chi connectivity index (χ3v) is 16.6. The monoisotopic (exact) mass is 1270 g/mol. The number of hydrogen-bond donors (Lipinski definition) is 0. The maximum atomic E-state index is 12.9. The predicted octanol–water partition coefficient (Wildman–Crippen LogP) is 23.8. The second-order valence-electron chi connectivity index (χ2n) is 25.6. The zero-order valence-electron chi connectivity index (χ0n) is 58.8. The van der Waals surface area contributed by atoms with E-state index in [-0.39, 0.29) is 26.1 Å². The second kappa shape index (κ2) is 69.5. The molecule has 0 spiro atoms. The summed E-state index contributed by atoms with van der Waals surface area (Å²) in [5, 5.41) is 0. The van der Waals surface area contributed by atoms with Crippen molar-refractivity contribution in [1.29, 1.82) is 0 Å². The molecule has 0 bridgehead atoms. The van der Waals surface area contributed by atoms with E-state index in [0.717, 1.165) is 109 Å². The third-order valence-electron chi connectivity index (χ3n) is 15.7. The standard InChI is InChI=1S/C80H138NO8P/c1-6-8-10-12-14-16-18-20-22-24-26-28-30-32-34-36-37-38-39-40-41-42-43-45-47-49-51-53-55-57-59-61-63-65-67-69-71-73-80(83)89-78(77-88-90(84,85)87-75-74-81(3,4)5)76-86-79(82)72-70-68-66-64-62-60-58-56-54-52-50-48-46-44-35-33-31-29-27-25-23-21-19-17-15-13-11-9-7-2/h8,10,14,16,20,22,26,28,32,34,37-38,40-41,43,45,49,51,55,57,61,63,78H,6-7,9,11-13,15,17-19,21,23-25,27,29-31,33,35-36,39,42,44,46-48,50,52-54,56,58-60,62,64-77H2,1-5H3/b10-8-,16-14-,22-20-,28-26-,34-32-,38-37-,41-40-,45-43-,51-49-,57-55-,63-61-. The third kappa shape index (κ3) is 73.2. The highest BCUT2D eigenvalue weighted by Crippen LogP contribution is 2.38. The van der Waals surface area contributed by atoms with Crippen LogP contribution < -0.4 is 4.89 Å². The number of nitrogens with zero attached hydrogens (tertiary/aromatic N) is 1. The highest BCUT2D eigenvalue weighted by atomic mass is 31.2. The Morgan fingerprint density at radius 2 is 0.633 bits per heavy atom. The fourth-order valence-electron chi connectivity index (χ4n) is 10.1. The fraction of sp³-hybridized carbons (Fsp3) is 0.700. The highest BCUT2D eigenvalue weighted by molar-refractivity contribution is 7.45. The van der Waals surface area contributed by atoms with Gasteiger partial charge in [-0.2, -0.15) is 0 Å². The molecule has 0 radical (unpaired) electrons. The number of quaternary nitrogens is 1. The molecule has 0 aromatic heterocycles. The Hall–Kier alpha value is -3.85. The molecule has 10 heteroatoms. The van der Waals surface area contributed by atoms with Crippen LogP contribution in [0.3, 0.4) is 0 Å². The van der Waals surface area contributed by atoms with Gasteiger partial charge >= 0.3 is 11.9 Å². The van der Waals surface area contributed by atoms with E-state index in [0.29, 0.717) is 17.4 Å². The first kappa shape index (κ1) is 86.2. The lowest BCUT2D eigenvalue weighted by atomic mass is 10.0. The molecule has 0 amide bonds. The first-order valence-electron chi connectivity index (χ1n) is 36.9.